The lowest BCUT2D eigenvalue weighted by Gasteiger charge is -2.05. The highest BCUT2D eigenvalue weighted by molar-refractivity contribution is 5.77. The van der Waals surface area contributed by atoms with Crippen molar-refractivity contribution in [1.82, 2.24) is 10.6 Å². The van der Waals surface area contributed by atoms with E-state index in [1.54, 1.807) is 0 Å². The highest BCUT2D eigenvalue weighted by atomic mass is 16.4. The molecule has 0 aliphatic carbocycles. The van der Waals surface area contributed by atoms with Crippen LogP contribution in [0.2, 0.25) is 0 Å². The number of ketones is 1. The van der Waals surface area contributed by atoms with Crippen LogP contribution < -0.4 is 10.6 Å². The van der Waals surface area contributed by atoms with Gasteiger partial charge in [-0.25, -0.2) is 4.79 Å². The second kappa shape index (κ2) is 7.78. The van der Waals surface area contributed by atoms with E-state index in [1.807, 2.05) is 0 Å². The fourth-order valence-corrected chi connectivity index (χ4v) is 0.856. The zero-order valence-corrected chi connectivity index (χ0v) is 8.71. The van der Waals surface area contributed by atoms with Crippen LogP contribution in [0.4, 0.5) is 4.79 Å². The lowest BCUT2D eigenvalue weighted by atomic mass is 10.3. The molecule has 0 radical (unpaired) electrons. The quantitative estimate of drug-likeness (QED) is 0.527. The lowest BCUT2D eigenvalue weighted by molar-refractivity contribution is -0.137. The number of carbonyl (C=O) groups excluding carboxylic acids is 2. The summed E-state index contributed by atoms with van der Waals surface area (Å²) in [4.78, 5) is 31.6. The Hall–Kier alpha value is -1.59. The Morgan fingerprint density at radius 2 is 1.67 bits per heavy atom. The van der Waals surface area contributed by atoms with Gasteiger partial charge in [0.1, 0.15) is 5.78 Å². The molecule has 0 unspecified atom stereocenters. The predicted octanol–water partition coefficient (Wildman–Crippen LogP) is 0.129. The Morgan fingerprint density at radius 3 is 2.20 bits per heavy atom. The fourth-order valence-electron chi connectivity index (χ4n) is 0.856. The van der Waals surface area contributed by atoms with E-state index in [4.69, 9.17) is 5.11 Å². The number of carboxylic acids is 1. The van der Waals surface area contributed by atoms with Gasteiger partial charge in [-0.2, -0.15) is 0 Å². The van der Waals surface area contributed by atoms with Gasteiger partial charge in [-0.15, -0.1) is 0 Å². The summed E-state index contributed by atoms with van der Waals surface area (Å²) in [5.74, 6) is -0.866. The Kier molecular flexibility index (Phi) is 6.96. The number of hydrogen-bond donors (Lipinski definition) is 3. The van der Waals surface area contributed by atoms with E-state index in [0.29, 0.717) is 25.9 Å². The zero-order valence-electron chi connectivity index (χ0n) is 8.71. The van der Waals surface area contributed by atoms with Crippen LogP contribution in [0.15, 0.2) is 0 Å². The summed E-state index contributed by atoms with van der Waals surface area (Å²) in [5.41, 5.74) is 0. The second-order valence-corrected chi connectivity index (χ2v) is 3.13. The first kappa shape index (κ1) is 13.4. The minimum absolute atomic E-state index is 0.0150. The van der Waals surface area contributed by atoms with Gasteiger partial charge in [0.05, 0.1) is 0 Å². The average molecular weight is 216 g/mol. The molecule has 0 saturated carbocycles. The SMILES string of the molecule is CC(=O)CCNC(=O)NCCCC(=O)O. The first-order valence-corrected chi connectivity index (χ1v) is 4.75. The summed E-state index contributed by atoms with van der Waals surface area (Å²) in [7, 11) is 0. The first-order chi connectivity index (χ1) is 7.02. The number of aliphatic carboxylic acids is 1. The van der Waals surface area contributed by atoms with E-state index >= 15 is 0 Å². The number of urea groups is 1. The topological polar surface area (TPSA) is 95.5 Å². The maximum absolute atomic E-state index is 11.0. The molecule has 0 aliphatic heterocycles. The van der Waals surface area contributed by atoms with Crippen LogP contribution in [-0.2, 0) is 9.59 Å². The van der Waals surface area contributed by atoms with Gasteiger partial charge in [-0.1, -0.05) is 0 Å². The number of Topliss-reactive ketones (excluding diaryl/α,β-unsaturated/α-hetero) is 1. The monoisotopic (exact) mass is 216 g/mol. The number of hydrogen-bond acceptors (Lipinski definition) is 3. The van der Waals surface area contributed by atoms with Crippen molar-refractivity contribution in [2.75, 3.05) is 13.1 Å². The van der Waals surface area contributed by atoms with Gasteiger partial charge in [-0.3, -0.25) is 9.59 Å². The van der Waals surface area contributed by atoms with Crippen molar-refractivity contribution in [2.45, 2.75) is 26.2 Å². The zero-order chi connectivity index (χ0) is 11.7. The van der Waals surface area contributed by atoms with Crippen molar-refractivity contribution >= 4 is 17.8 Å². The molecular weight excluding hydrogens is 200 g/mol. The molecule has 6 heteroatoms. The summed E-state index contributed by atoms with van der Waals surface area (Å²) < 4.78 is 0. The molecule has 0 aromatic heterocycles. The number of carbonyl (C=O) groups is 3. The molecular formula is C9H16N2O4. The van der Waals surface area contributed by atoms with Gasteiger partial charge in [-0.05, 0) is 13.3 Å². The molecule has 0 aliphatic rings. The van der Waals surface area contributed by atoms with Crippen LogP contribution in [0, 0.1) is 0 Å². The van der Waals surface area contributed by atoms with E-state index < -0.39 is 5.97 Å². The van der Waals surface area contributed by atoms with Crippen LogP contribution >= 0.6 is 0 Å². The molecule has 0 aromatic rings. The Bertz CT molecular complexity index is 240. The third-order valence-electron chi connectivity index (χ3n) is 1.62. The molecule has 6 nitrogen and oxygen atoms in total. The van der Waals surface area contributed by atoms with E-state index in [0.717, 1.165) is 0 Å². The van der Waals surface area contributed by atoms with E-state index in [9.17, 15) is 14.4 Å². The molecule has 0 bridgehead atoms. The molecule has 0 atom stereocenters. The van der Waals surface area contributed by atoms with Crippen LogP contribution in [0.25, 0.3) is 0 Å². The summed E-state index contributed by atoms with van der Waals surface area (Å²) in [6.45, 7) is 2.07. The third-order valence-corrected chi connectivity index (χ3v) is 1.62. The minimum Gasteiger partial charge on any atom is -0.481 e. The van der Waals surface area contributed by atoms with Crippen molar-refractivity contribution < 1.29 is 19.5 Å². The Labute approximate surface area is 88.0 Å². The summed E-state index contributed by atoms with van der Waals surface area (Å²) in [6.07, 6.45) is 0.742. The number of amides is 2. The maximum Gasteiger partial charge on any atom is 0.314 e. The number of nitrogens with one attached hydrogen (secondary N) is 2. The van der Waals surface area contributed by atoms with Crippen molar-refractivity contribution in [3.63, 3.8) is 0 Å². The smallest absolute Gasteiger partial charge is 0.314 e. The molecule has 0 heterocycles. The average Bonchev–Trinajstić information content (AvgIpc) is 2.11. The van der Waals surface area contributed by atoms with Crippen molar-refractivity contribution in [3.05, 3.63) is 0 Å². The van der Waals surface area contributed by atoms with Gasteiger partial charge in [0.2, 0.25) is 0 Å². The normalized spacial score (nSPS) is 9.40. The second-order valence-electron chi connectivity index (χ2n) is 3.13. The van der Waals surface area contributed by atoms with Crippen LogP contribution in [0.3, 0.4) is 0 Å². The van der Waals surface area contributed by atoms with Crippen molar-refractivity contribution in [1.29, 1.82) is 0 Å². The fraction of sp³-hybridized carbons (Fsp3) is 0.667. The molecule has 3 N–H and O–H groups in total. The predicted molar refractivity (Wildman–Crippen MR) is 53.6 cm³/mol. The van der Waals surface area contributed by atoms with Gasteiger partial charge in [0.25, 0.3) is 0 Å². The van der Waals surface area contributed by atoms with Gasteiger partial charge in [0.15, 0.2) is 0 Å². The molecule has 2 amide bonds. The summed E-state index contributed by atoms with van der Waals surface area (Å²) >= 11 is 0. The van der Waals surface area contributed by atoms with Gasteiger partial charge < -0.3 is 15.7 Å². The van der Waals surface area contributed by atoms with Gasteiger partial charge in [0, 0.05) is 25.9 Å². The van der Waals surface area contributed by atoms with E-state index in [2.05, 4.69) is 10.6 Å². The standard InChI is InChI=1S/C9H16N2O4/c1-7(12)4-6-11-9(15)10-5-2-3-8(13)14/h2-6H2,1H3,(H,13,14)(H2,10,11,15). The van der Waals surface area contributed by atoms with Crippen LogP contribution in [0.5, 0.6) is 0 Å². The molecule has 0 saturated heterocycles. The molecule has 0 aromatic carbocycles. The van der Waals surface area contributed by atoms with E-state index in [-0.39, 0.29) is 18.2 Å². The summed E-state index contributed by atoms with van der Waals surface area (Å²) in [6, 6.07) is -0.373. The van der Waals surface area contributed by atoms with Crippen LogP contribution in [0.1, 0.15) is 26.2 Å². The van der Waals surface area contributed by atoms with Crippen molar-refractivity contribution in [3.8, 4) is 0 Å². The number of rotatable bonds is 7. The first-order valence-electron chi connectivity index (χ1n) is 4.75. The van der Waals surface area contributed by atoms with Crippen molar-refractivity contribution in [2.24, 2.45) is 0 Å². The minimum atomic E-state index is -0.881. The Morgan fingerprint density at radius 1 is 1.07 bits per heavy atom. The lowest BCUT2D eigenvalue weighted by Crippen LogP contribution is -2.37. The molecule has 86 valence electrons. The van der Waals surface area contributed by atoms with Crippen LogP contribution in [-0.4, -0.2) is 36.0 Å². The maximum atomic E-state index is 11.0. The third kappa shape index (κ3) is 10.3. The van der Waals surface area contributed by atoms with E-state index in [1.165, 1.54) is 6.92 Å². The van der Waals surface area contributed by atoms with Gasteiger partial charge >= 0.3 is 12.0 Å². The largest absolute Gasteiger partial charge is 0.481 e. The molecule has 15 heavy (non-hydrogen) atoms. The highest BCUT2D eigenvalue weighted by Crippen LogP contribution is 1.85. The highest BCUT2D eigenvalue weighted by Gasteiger charge is 2.01. The molecule has 0 fully saturated rings. The molecule has 0 spiro atoms. The Balaban J connectivity index is 3.33. The molecule has 0 rings (SSSR count). The summed E-state index contributed by atoms with van der Waals surface area (Å²) in [5, 5.41) is 13.3. The number of carboxylic acid groups (broad SMARTS) is 1.